The van der Waals surface area contributed by atoms with Gasteiger partial charge in [-0.25, -0.2) is 14.4 Å². The maximum absolute atomic E-state index is 12.9. The molecule has 0 bridgehead atoms. The van der Waals surface area contributed by atoms with Crippen LogP contribution in [0.5, 0.6) is 0 Å². The minimum Gasteiger partial charge on any atom is -0.324 e. The first kappa shape index (κ1) is 17.5. The minimum absolute atomic E-state index is 0.0127. The van der Waals surface area contributed by atoms with Crippen molar-refractivity contribution in [2.75, 3.05) is 11.1 Å². The van der Waals surface area contributed by atoms with Crippen molar-refractivity contribution in [3.8, 4) is 0 Å². The van der Waals surface area contributed by atoms with Gasteiger partial charge in [0.05, 0.1) is 16.5 Å². The number of hydrogen-bond donors (Lipinski definition) is 1. The van der Waals surface area contributed by atoms with E-state index in [1.807, 2.05) is 0 Å². The summed E-state index contributed by atoms with van der Waals surface area (Å²) in [5.41, 5.74) is -0.888. The molecule has 0 aliphatic heterocycles. The molecule has 2 aromatic rings. The summed E-state index contributed by atoms with van der Waals surface area (Å²) < 4.78 is 50.4. The van der Waals surface area contributed by atoms with Gasteiger partial charge in [-0.15, -0.1) is 0 Å². The lowest BCUT2D eigenvalue weighted by Gasteiger charge is -2.08. The molecular formula is C13H8ClF4N3OS. The molecule has 1 heterocycles. The molecule has 0 atom stereocenters. The SMILES string of the molecule is O=C(CSc1nccc(C(F)(F)F)n1)Nc1ccc(F)cc1Cl. The zero-order chi connectivity index (χ0) is 17.0. The fourth-order valence-electron chi connectivity index (χ4n) is 1.48. The largest absolute Gasteiger partial charge is 0.433 e. The molecular weight excluding hydrogens is 358 g/mol. The van der Waals surface area contributed by atoms with Crippen molar-refractivity contribution >= 4 is 35.0 Å². The molecule has 0 unspecified atom stereocenters. The Kier molecular flexibility index (Phi) is 5.42. The highest BCUT2D eigenvalue weighted by atomic mass is 35.5. The van der Waals surface area contributed by atoms with E-state index in [0.717, 1.165) is 36.2 Å². The summed E-state index contributed by atoms with van der Waals surface area (Å²) >= 11 is 6.49. The molecule has 1 amide bonds. The predicted octanol–water partition coefficient (Wildman–Crippen LogP) is 4.02. The molecule has 1 aromatic heterocycles. The molecule has 0 aliphatic rings. The first-order valence-electron chi connectivity index (χ1n) is 6.03. The third-order valence-electron chi connectivity index (χ3n) is 2.46. The van der Waals surface area contributed by atoms with Crippen molar-refractivity contribution in [1.82, 2.24) is 9.97 Å². The van der Waals surface area contributed by atoms with Gasteiger partial charge >= 0.3 is 6.18 Å². The second-order valence-corrected chi connectivity index (χ2v) is 5.53. The molecule has 4 nitrogen and oxygen atoms in total. The number of amides is 1. The summed E-state index contributed by atoms with van der Waals surface area (Å²) in [5.74, 6) is -1.32. The second-order valence-electron chi connectivity index (χ2n) is 4.18. The Hall–Kier alpha value is -1.87. The molecule has 0 aliphatic carbocycles. The first-order valence-corrected chi connectivity index (χ1v) is 7.40. The summed E-state index contributed by atoms with van der Waals surface area (Å²) in [4.78, 5) is 18.7. The number of aromatic nitrogens is 2. The van der Waals surface area contributed by atoms with Gasteiger partial charge in [-0.2, -0.15) is 13.2 Å². The summed E-state index contributed by atoms with van der Waals surface area (Å²) in [6.07, 6.45) is -3.62. The number of rotatable bonds is 4. The zero-order valence-corrected chi connectivity index (χ0v) is 12.8. The van der Waals surface area contributed by atoms with Crippen LogP contribution in [0, 0.1) is 5.82 Å². The van der Waals surface area contributed by atoms with Gasteiger partial charge < -0.3 is 5.32 Å². The molecule has 2 rings (SSSR count). The van der Waals surface area contributed by atoms with Gasteiger partial charge in [-0.05, 0) is 24.3 Å². The molecule has 122 valence electrons. The van der Waals surface area contributed by atoms with Crippen LogP contribution in [-0.2, 0) is 11.0 Å². The molecule has 0 fully saturated rings. The van der Waals surface area contributed by atoms with Crippen LogP contribution in [0.3, 0.4) is 0 Å². The number of carbonyl (C=O) groups is 1. The van der Waals surface area contributed by atoms with E-state index in [1.54, 1.807) is 0 Å². The highest BCUT2D eigenvalue weighted by molar-refractivity contribution is 7.99. The van der Waals surface area contributed by atoms with Crippen molar-refractivity contribution in [3.05, 3.63) is 47.0 Å². The average molecular weight is 366 g/mol. The van der Waals surface area contributed by atoms with Crippen LogP contribution in [-0.4, -0.2) is 21.6 Å². The van der Waals surface area contributed by atoms with Crippen LogP contribution >= 0.6 is 23.4 Å². The van der Waals surface area contributed by atoms with E-state index in [1.165, 1.54) is 6.07 Å². The average Bonchev–Trinajstić information content (AvgIpc) is 2.47. The number of thioether (sulfide) groups is 1. The van der Waals surface area contributed by atoms with Crippen molar-refractivity contribution < 1.29 is 22.4 Å². The standard InChI is InChI=1S/C13H8ClF4N3OS/c14-8-5-7(15)1-2-9(8)20-11(22)6-23-12-19-4-3-10(21-12)13(16,17)18/h1-5H,6H2,(H,20,22). The Morgan fingerprint density at radius 1 is 1.30 bits per heavy atom. The number of halogens is 5. The number of nitrogens with zero attached hydrogens (tertiary/aromatic N) is 2. The third-order valence-corrected chi connectivity index (χ3v) is 3.64. The van der Waals surface area contributed by atoms with Crippen molar-refractivity contribution in [2.24, 2.45) is 0 Å². The summed E-state index contributed by atoms with van der Waals surface area (Å²) in [7, 11) is 0. The topological polar surface area (TPSA) is 54.9 Å². The Bertz CT molecular complexity index is 727. The lowest BCUT2D eigenvalue weighted by molar-refractivity contribution is -0.141. The van der Waals surface area contributed by atoms with Gasteiger partial charge in [0.15, 0.2) is 5.16 Å². The van der Waals surface area contributed by atoms with Crippen molar-refractivity contribution in [2.45, 2.75) is 11.3 Å². The smallest absolute Gasteiger partial charge is 0.324 e. The van der Waals surface area contributed by atoms with Gasteiger partial charge in [0, 0.05) is 6.20 Å². The van der Waals surface area contributed by atoms with Gasteiger partial charge in [-0.3, -0.25) is 4.79 Å². The molecule has 1 aromatic carbocycles. The zero-order valence-electron chi connectivity index (χ0n) is 11.2. The third kappa shape index (κ3) is 5.07. The molecule has 10 heteroatoms. The molecule has 0 saturated carbocycles. The van der Waals surface area contributed by atoms with Gasteiger partial charge in [-0.1, -0.05) is 23.4 Å². The van der Waals surface area contributed by atoms with Crippen LogP contribution in [0.2, 0.25) is 5.02 Å². The van der Waals surface area contributed by atoms with Crippen LogP contribution in [0.15, 0.2) is 35.6 Å². The lowest BCUT2D eigenvalue weighted by Crippen LogP contribution is -2.15. The second kappa shape index (κ2) is 7.14. The van der Waals surface area contributed by atoms with Gasteiger partial charge in [0.1, 0.15) is 11.5 Å². The van der Waals surface area contributed by atoms with E-state index in [4.69, 9.17) is 11.6 Å². The fourth-order valence-corrected chi connectivity index (χ4v) is 2.32. The fraction of sp³-hybridized carbons (Fsp3) is 0.154. The van der Waals surface area contributed by atoms with Crippen LogP contribution in [0.1, 0.15) is 5.69 Å². The molecule has 0 radical (unpaired) electrons. The number of anilines is 1. The quantitative estimate of drug-likeness (QED) is 0.505. The van der Waals surface area contributed by atoms with Crippen molar-refractivity contribution in [3.63, 3.8) is 0 Å². The van der Waals surface area contributed by atoms with E-state index in [9.17, 15) is 22.4 Å². The Labute approximate surface area is 137 Å². The normalized spacial score (nSPS) is 11.3. The molecule has 0 saturated heterocycles. The number of hydrogen-bond acceptors (Lipinski definition) is 4. The van der Waals surface area contributed by atoms with Crippen molar-refractivity contribution in [1.29, 1.82) is 0 Å². The summed E-state index contributed by atoms with van der Waals surface area (Å²) in [5, 5.41) is 2.25. The number of nitrogens with one attached hydrogen (secondary N) is 1. The lowest BCUT2D eigenvalue weighted by atomic mass is 10.3. The monoisotopic (exact) mass is 365 g/mol. The number of alkyl halides is 3. The van der Waals surface area contributed by atoms with E-state index < -0.39 is 23.6 Å². The Balaban J connectivity index is 1.97. The maximum atomic E-state index is 12.9. The highest BCUT2D eigenvalue weighted by Crippen LogP contribution is 2.28. The predicted molar refractivity (Wildman–Crippen MR) is 77.8 cm³/mol. The first-order chi connectivity index (χ1) is 10.8. The van der Waals surface area contributed by atoms with E-state index in [-0.39, 0.29) is 21.6 Å². The number of carbonyl (C=O) groups excluding carboxylic acids is 1. The van der Waals surface area contributed by atoms with Crippen LogP contribution in [0.25, 0.3) is 0 Å². The number of benzene rings is 1. The van der Waals surface area contributed by atoms with E-state index >= 15 is 0 Å². The molecule has 1 N–H and O–H groups in total. The van der Waals surface area contributed by atoms with Crippen LogP contribution < -0.4 is 5.32 Å². The Morgan fingerprint density at radius 2 is 2.04 bits per heavy atom. The minimum atomic E-state index is -4.58. The highest BCUT2D eigenvalue weighted by Gasteiger charge is 2.32. The van der Waals surface area contributed by atoms with Crippen LogP contribution in [0.4, 0.5) is 23.2 Å². The summed E-state index contributed by atoms with van der Waals surface area (Å²) in [6, 6.07) is 4.16. The van der Waals surface area contributed by atoms with E-state index in [2.05, 4.69) is 15.3 Å². The molecule has 0 spiro atoms. The van der Waals surface area contributed by atoms with E-state index in [0.29, 0.717) is 0 Å². The van der Waals surface area contributed by atoms with Gasteiger partial charge in [0.25, 0.3) is 0 Å². The maximum Gasteiger partial charge on any atom is 0.433 e. The molecule has 23 heavy (non-hydrogen) atoms. The summed E-state index contributed by atoms with van der Waals surface area (Å²) in [6.45, 7) is 0. The van der Waals surface area contributed by atoms with Gasteiger partial charge in [0.2, 0.25) is 5.91 Å². The Morgan fingerprint density at radius 3 is 2.70 bits per heavy atom.